The number of rotatable bonds is 7. The van der Waals surface area contributed by atoms with E-state index in [1.807, 2.05) is 30.3 Å². The third kappa shape index (κ3) is 4.53. The van der Waals surface area contributed by atoms with Crippen molar-refractivity contribution in [2.45, 2.75) is 31.9 Å². The van der Waals surface area contributed by atoms with Crippen molar-refractivity contribution in [3.8, 4) is 0 Å². The van der Waals surface area contributed by atoms with Crippen LogP contribution in [-0.2, 0) is 22.6 Å². The Labute approximate surface area is 166 Å². The third-order valence-electron chi connectivity index (χ3n) is 4.86. The summed E-state index contributed by atoms with van der Waals surface area (Å²) in [5, 5.41) is 6.87. The number of fused-ring (bicyclic) bond motifs is 1. The molecule has 1 aliphatic rings. The van der Waals surface area contributed by atoms with Crippen molar-refractivity contribution < 1.29 is 14.0 Å². The van der Waals surface area contributed by atoms with E-state index < -0.39 is 0 Å². The zero-order valence-corrected chi connectivity index (χ0v) is 15.7. The number of hydrogen-bond donors (Lipinski definition) is 2. The molecule has 2 aromatic carbocycles. The summed E-state index contributed by atoms with van der Waals surface area (Å²) in [7, 11) is 0. The number of benzene rings is 2. The van der Waals surface area contributed by atoms with E-state index in [0.717, 1.165) is 22.3 Å². The van der Waals surface area contributed by atoms with Crippen molar-refractivity contribution >= 4 is 22.7 Å². The fraction of sp³-hybridized carbons (Fsp3) is 0.286. The monoisotopic (exact) mass is 396 g/mol. The molecule has 4 rings (SSSR count). The number of aromatic nitrogens is 2. The molecule has 0 radical (unpaired) electrons. The van der Waals surface area contributed by atoms with Gasteiger partial charge >= 0.3 is 5.69 Å². The van der Waals surface area contributed by atoms with Crippen LogP contribution in [0.25, 0.3) is 11.0 Å². The highest BCUT2D eigenvalue weighted by atomic mass is 19.1. The minimum atomic E-state index is -0.278. The number of carbonyl (C=O) groups excluding carboxylic acids is 1. The van der Waals surface area contributed by atoms with Gasteiger partial charge in [-0.25, -0.2) is 9.18 Å². The summed E-state index contributed by atoms with van der Waals surface area (Å²) in [4.78, 5) is 32.4. The molecule has 1 atom stereocenters. The SMILES string of the molecule is O=C(CCn1c(=O)[nH]c2ccccc21)NCC1CC(Cc2cccc(F)c2)=NO1. The summed E-state index contributed by atoms with van der Waals surface area (Å²) in [6, 6.07) is 13.8. The molecule has 7 nitrogen and oxygen atoms in total. The predicted octanol–water partition coefficient (Wildman–Crippen LogP) is 2.36. The van der Waals surface area contributed by atoms with Crippen LogP contribution in [0, 0.1) is 5.82 Å². The third-order valence-corrected chi connectivity index (χ3v) is 4.86. The van der Waals surface area contributed by atoms with Crippen LogP contribution in [0.1, 0.15) is 18.4 Å². The van der Waals surface area contributed by atoms with Crippen molar-refractivity contribution in [2.24, 2.45) is 5.16 Å². The molecule has 0 bridgehead atoms. The fourth-order valence-corrected chi connectivity index (χ4v) is 3.44. The summed E-state index contributed by atoms with van der Waals surface area (Å²) in [5.41, 5.74) is 2.95. The van der Waals surface area contributed by atoms with E-state index in [1.54, 1.807) is 10.6 Å². The molecule has 1 amide bonds. The van der Waals surface area contributed by atoms with E-state index >= 15 is 0 Å². The quantitative estimate of drug-likeness (QED) is 0.643. The molecular formula is C21H21FN4O3. The molecular weight excluding hydrogens is 375 g/mol. The fourth-order valence-electron chi connectivity index (χ4n) is 3.44. The number of H-pyrrole nitrogens is 1. The van der Waals surface area contributed by atoms with Crippen molar-refractivity contribution in [3.05, 3.63) is 70.4 Å². The first-order chi connectivity index (χ1) is 14.1. The molecule has 0 spiro atoms. The van der Waals surface area contributed by atoms with E-state index in [0.29, 0.717) is 25.9 Å². The van der Waals surface area contributed by atoms with Gasteiger partial charge in [0.2, 0.25) is 5.91 Å². The second kappa shape index (κ2) is 8.30. The summed E-state index contributed by atoms with van der Waals surface area (Å²) in [6.45, 7) is 0.624. The zero-order chi connectivity index (χ0) is 20.2. The highest BCUT2D eigenvalue weighted by molar-refractivity contribution is 5.87. The van der Waals surface area contributed by atoms with E-state index in [1.165, 1.54) is 12.1 Å². The summed E-state index contributed by atoms with van der Waals surface area (Å²) < 4.78 is 14.8. The average molecular weight is 396 g/mol. The number of para-hydroxylation sites is 2. The highest BCUT2D eigenvalue weighted by Crippen LogP contribution is 2.15. The minimum Gasteiger partial charge on any atom is -0.390 e. The summed E-state index contributed by atoms with van der Waals surface area (Å²) >= 11 is 0. The van der Waals surface area contributed by atoms with Gasteiger partial charge in [-0.05, 0) is 29.8 Å². The molecule has 0 saturated carbocycles. The maximum atomic E-state index is 13.3. The van der Waals surface area contributed by atoms with Gasteiger partial charge in [0.05, 0.1) is 23.3 Å². The van der Waals surface area contributed by atoms with Crippen LogP contribution in [0.15, 0.2) is 58.5 Å². The molecule has 1 aromatic heterocycles. The lowest BCUT2D eigenvalue weighted by atomic mass is 10.0. The van der Waals surface area contributed by atoms with Crippen LogP contribution in [0.5, 0.6) is 0 Å². The molecule has 1 unspecified atom stereocenters. The van der Waals surface area contributed by atoms with Gasteiger partial charge in [-0.2, -0.15) is 0 Å². The standard InChI is InChI=1S/C21H21FN4O3/c22-15-5-3-4-14(10-15)11-16-12-17(29-25-16)13-23-20(27)8-9-26-19-7-2-1-6-18(19)24-21(26)28/h1-7,10,17H,8-9,11-13H2,(H,23,27)(H,24,28). The number of halogens is 1. The Bertz CT molecular complexity index is 1120. The van der Waals surface area contributed by atoms with Crippen molar-refractivity contribution in [1.82, 2.24) is 14.9 Å². The first-order valence-electron chi connectivity index (χ1n) is 9.49. The molecule has 29 heavy (non-hydrogen) atoms. The molecule has 1 aliphatic heterocycles. The van der Waals surface area contributed by atoms with Crippen LogP contribution >= 0.6 is 0 Å². The molecule has 8 heteroatoms. The number of carbonyl (C=O) groups is 1. The van der Waals surface area contributed by atoms with Crippen LogP contribution in [0.4, 0.5) is 4.39 Å². The first kappa shape index (κ1) is 18.9. The van der Waals surface area contributed by atoms with Gasteiger partial charge in [-0.15, -0.1) is 0 Å². The Hall–Kier alpha value is -3.42. The van der Waals surface area contributed by atoms with Gasteiger partial charge in [-0.3, -0.25) is 9.36 Å². The highest BCUT2D eigenvalue weighted by Gasteiger charge is 2.22. The molecule has 2 N–H and O–H groups in total. The summed E-state index contributed by atoms with van der Waals surface area (Å²) in [5.74, 6) is -0.440. The lowest BCUT2D eigenvalue weighted by Crippen LogP contribution is -2.33. The van der Waals surface area contributed by atoms with E-state index in [4.69, 9.17) is 4.84 Å². The molecule has 0 saturated heterocycles. The van der Waals surface area contributed by atoms with Crippen LogP contribution in [0.2, 0.25) is 0 Å². The lowest BCUT2D eigenvalue weighted by molar-refractivity contribution is -0.121. The number of hydrogen-bond acceptors (Lipinski definition) is 4. The molecule has 2 heterocycles. The second-order valence-corrected chi connectivity index (χ2v) is 7.05. The number of oxime groups is 1. The van der Waals surface area contributed by atoms with Crippen molar-refractivity contribution in [2.75, 3.05) is 6.54 Å². The van der Waals surface area contributed by atoms with Gasteiger partial charge in [0.1, 0.15) is 11.9 Å². The van der Waals surface area contributed by atoms with Gasteiger partial charge in [-0.1, -0.05) is 29.4 Å². The number of aromatic amines is 1. The van der Waals surface area contributed by atoms with E-state index in [2.05, 4.69) is 15.5 Å². The van der Waals surface area contributed by atoms with Crippen LogP contribution in [0.3, 0.4) is 0 Å². The molecule has 0 fully saturated rings. The molecule has 0 aliphatic carbocycles. The number of nitrogens with one attached hydrogen (secondary N) is 2. The minimum absolute atomic E-state index is 0.163. The lowest BCUT2D eigenvalue weighted by Gasteiger charge is -2.10. The van der Waals surface area contributed by atoms with Gasteiger partial charge in [0, 0.05) is 25.8 Å². The van der Waals surface area contributed by atoms with E-state index in [9.17, 15) is 14.0 Å². The van der Waals surface area contributed by atoms with E-state index in [-0.39, 0.29) is 29.9 Å². The van der Waals surface area contributed by atoms with Gasteiger partial charge in [0.25, 0.3) is 0 Å². The Balaban J connectivity index is 1.23. The second-order valence-electron chi connectivity index (χ2n) is 7.05. The van der Waals surface area contributed by atoms with Gasteiger partial charge < -0.3 is 15.1 Å². The molecule has 3 aromatic rings. The Morgan fingerprint density at radius 3 is 3.00 bits per heavy atom. The maximum Gasteiger partial charge on any atom is 0.326 e. The maximum absolute atomic E-state index is 13.3. The summed E-state index contributed by atoms with van der Waals surface area (Å²) in [6.07, 6.45) is 1.05. The Kier molecular flexibility index (Phi) is 5.41. The predicted molar refractivity (Wildman–Crippen MR) is 107 cm³/mol. The van der Waals surface area contributed by atoms with Crippen LogP contribution in [-0.4, -0.2) is 33.8 Å². The Morgan fingerprint density at radius 1 is 1.28 bits per heavy atom. The smallest absolute Gasteiger partial charge is 0.326 e. The molecule has 150 valence electrons. The number of amides is 1. The normalized spacial score (nSPS) is 15.9. The first-order valence-corrected chi connectivity index (χ1v) is 9.49. The largest absolute Gasteiger partial charge is 0.390 e. The average Bonchev–Trinajstić information content (AvgIpc) is 3.28. The number of imidazole rings is 1. The topological polar surface area (TPSA) is 88.5 Å². The van der Waals surface area contributed by atoms with Crippen LogP contribution < -0.4 is 11.0 Å². The van der Waals surface area contributed by atoms with Crippen molar-refractivity contribution in [1.29, 1.82) is 0 Å². The van der Waals surface area contributed by atoms with Crippen molar-refractivity contribution in [3.63, 3.8) is 0 Å². The number of aryl methyl sites for hydroxylation is 1. The Morgan fingerprint density at radius 2 is 2.14 bits per heavy atom. The number of nitrogens with zero attached hydrogens (tertiary/aromatic N) is 2. The zero-order valence-electron chi connectivity index (χ0n) is 15.7. The van der Waals surface area contributed by atoms with Gasteiger partial charge in [0.15, 0.2) is 0 Å².